The van der Waals surface area contributed by atoms with Gasteiger partial charge in [-0.1, -0.05) is 0 Å². The molecule has 0 aliphatic carbocycles. The lowest BCUT2D eigenvalue weighted by molar-refractivity contribution is 0.421. The maximum atomic E-state index is 9.89. The number of rotatable bonds is 2. The van der Waals surface area contributed by atoms with Gasteiger partial charge in [-0.3, -0.25) is 0 Å². The Hall–Kier alpha value is -0.870. The van der Waals surface area contributed by atoms with Gasteiger partial charge in [0.2, 0.25) is 0 Å². The molecule has 1 aromatic carbocycles. The highest BCUT2D eigenvalue weighted by Crippen LogP contribution is 2.41. The lowest BCUT2D eigenvalue weighted by Gasteiger charge is -2.02. The molecule has 0 fully saturated rings. The highest BCUT2D eigenvalue weighted by Gasteiger charge is 2.10. The number of phenols is 1. The Bertz CT molecular complexity index is 462. The normalized spacial score (nSPS) is 10.7. The molecule has 0 saturated carbocycles. The van der Waals surface area contributed by atoms with Crippen molar-refractivity contribution in [2.24, 2.45) is 0 Å². The highest BCUT2D eigenvalue weighted by molar-refractivity contribution is 7.98. The van der Waals surface area contributed by atoms with Crippen molar-refractivity contribution in [3.8, 4) is 11.5 Å². The number of thiophene rings is 1. The minimum atomic E-state index is 0.364. The molecule has 0 radical (unpaired) electrons. The van der Waals surface area contributed by atoms with E-state index in [-0.39, 0.29) is 0 Å². The van der Waals surface area contributed by atoms with Gasteiger partial charge in [-0.25, -0.2) is 0 Å². The molecule has 4 heteroatoms. The monoisotopic (exact) mass is 226 g/mol. The van der Waals surface area contributed by atoms with Gasteiger partial charge >= 0.3 is 0 Å². The third-order valence-electron chi connectivity index (χ3n) is 2.08. The minimum absolute atomic E-state index is 0.364. The molecule has 1 aromatic heterocycles. The predicted molar refractivity (Wildman–Crippen MR) is 61.8 cm³/mol. The average Bonchev–Trinajstić information content (AvgIpc) is 2.62. The van der Waals surface area contributed by atoms with Gasteiger partial charge in [-0.2, -0.15) is 0 Å². The van der Waals surface area contributed by atoms with Crippen molar-refractivity contribution in [1.82, 2.24) is 0 Å². The third-order valence-corrected chi connectivity index (χ3v) is 3.83. The van der Waals surface area contributed by atoms with Crippen molar-refractivity contribution < 1.29 is 9.84 Å². The van der Waals surface area contributed by atoms with Gasteiger partial charge in [0.25, 0.3) is 0 Å². The molecule has 0 amide bonds. The Morgan fingerprint density at radius 1 is 1.43 bits per heavy atom. The van der Waals surface area contributed by atoms with E-state index in [9.17, 15) is 5.11 Å². The number of methoxy groups -OCH3 is 1. The minimum Gasteiger partial charge on any atom is -0.505 e. The largest absolute Gasteiger partial charge is 0.505 e. The number of hydrogen-bond acceptors (Lipinski definition) is 4. The first-order chi connectivity index (χ1) is 6.77. The van der Waals surface area contributed by atoms with E-state index in [1.54, 1.807) is 18.9 Å². The predicted octanol–water partition coefficient (Wildman–Crippen LogP) is 3.34. The zero-order valence-corrected chi connectivity index (χ0v) is 9.54. The second-order valence-electron chi connectivity index (χ2n) is 2.80. The third kappa shape index (κ3) is 1.35. The van der Waals surface area contributed by atoms with Crippen LogP contribution in [-0.2, 0) is 0 Å². The molecule has 0 spiro atoms. The Labute approximate surface area is 90.5 Å². The summed E-state index contributed by atoms with van der Waals surface area (Å²) in [4.78, 5) is 0.905. The van der Waals surface area contributed by atoms with Crippen LogP contribution in [0.5, 0.6) is 11.5 Å². The van der Waals surface area contributed by atoms with Crippen LogP contribution in [0.25, 0.3) is 10.1 Å². The van der Waals surface area contributed by atoms with Crippen LogP contribution in [0.4, 0.5) is 0 Å². The van der Waals surface area contributed by atoms with Crippen molar-refractivity contribution in [2.45, 2.75) is 4.90 Å². The van der Waals surface area contributed by atoms with Gasteiger partial charge in [-0.15, -0.1) is 23.1 Å². The summed E-state index contributed by atoms with van der Waals surface area (Å²) in [7, 11) is 1.64. The molecule has 0 aliphatic rings. The van der Waals surface area contributed by atoms with Gasteiger partial charge in [0.05, 0.1) is 16.7 Å². The topological polar surface area (TPSA) is 29.5 Å². The van der Waals surface area contributed by atoms with E-state index in [2.05, 4.69) is 0 Å². The van der Waals surface area contributed by atoms with E-state index < -0.39 is 0 Å². The number of ether oxygens (including phenoxy) is 1. The van der Waals surface area contributed by atoms with Crippen molar-refractivity contribution in [3.05, 3.63) is 17.5 Å². The fourth-order valence-electron chi connectivity index (χ4n) is 1.37. The second-order valence-corrected chi connectivity index (χ2v) is 4.52. The molecule has 74 valence electrons. The van der Waals surface area contributed by atoms with E-state index >= 15 is 0 Å². The van der Waals surface area contributed by atoms with Crippen LogP contribution < -0.4 is 4.74 Å². The first-order valence-corrected chi connectivity index (χ1v) is 6.19. The van der Waals surface area contributed by atoms with Crippen LogP contribution in [0.1, 0.15) is 0 Å². The van der Waals surface area contributed by atoms with Gasteiger partial charge in [0, 0.05) is 10.8 Å². The smallest absolute Gasteiger partial charge is 0.147 e. The van der Waals surface area contributed by atoms with Gasteiger partial charge < -0.3 is 9.84 Å². The lowest BCUT2D eigenvalue weighted by atomic mass is 10.2. The molecule has 2 aromatic rings. The van der Waals surface area contributed by atoms with Crippen molar-refractivity contribution in [1.29, 1.82) is 0 Å². The van der Waals surface area contributed by atoms with Crippen LogP contribution >= 0.6 is 23.1 Å². The van der Waals surface area contributed by atoms with Crippen molar-refractivity contribution >= 4 is 33.2 Å². The fourth-order valence-corrected chi connectivity index (χ4v) is 2.89. The summed E-state index contributed by atoms with van der Waals surface area (Å²) < 4.78 is 6.09. The van der Waals surface area contributed by atoms with Crippen LogP contribution in [0.2, 0.25) is 0 Å². The van der Waals surface area contributed by atoms with Gasteiger partial charge in [0.1, 0.15) is 11.5 Å². The summed E-state index contributed by atoms with van der Waals surface area (Å²) in [6.07, 6.45) is 1.95. The van der Waals surface area contributed by atoms with E-state index in [1.165, 1.54) is 11.3 Å². The summed E-state index contributed by atoms with van der Waals surface area (Å²) >= 11 is 3.05. The van der Waals surface area contributed by atoms with Crippen molar-refractivity contribution in [2.75, 3.05) is 13.4 Å². The SMILES string of the molecule is COc1csc2c(O)c(SC)ccc12. The molecule has 14 heavy (non-hydrogen) atoms. The number of aromatic hydroxyl groups is 1. The fraction of sp³-hybridized carbons (Fsp3) is 0.200. The van der Waals surface area contributed by atoms with E-state index in [1.807, 2.05) is 23.8 Å². The van der Waals surface area contributed by atoms with Gasteiger partial charge in [-0.05, 0) is 18.4 Å². The molecule has 2 nitrogen and oxygen atoms in total. The summed E-state index contributed by atoms with van der Waals surface area (Å²) in [5.41, 5.74) is 0. The average molecular weight is 226 g/mol. The van der Waals surface area contributed by atoms with Crippen LogP contribution in [0.15, 0.2) is 22.4 Å². The molecule has 0 saturated heterocycles. The van der Waals surface area contributed by atoms with Crippen LogP contribution in [0.3, 0.4) is 0 Å². The lowest BCUT2D eigenvalue weighted by Crippen LogP contribution is -1.79. The summed E-state index contributed by atoms with van der Waals surface area (Å²) in [6.45, 7) is 0. The molecular weight excluding hydrogens is 216 g/mol. The first kappa shape index (κ1) is 9.68. The molecule has 0 unspecified atom stereocenters. The number of benzene rings is 1. The Kier molecular flexibility index (Phi) is 2.56. The van der Waals surface area contributed by atoms with Crippen LogP contribution in [0, 0.1) is 0 Å². The zero-order chi connectivity index (χ0) is 10.1. The first-order valence-electron chi connectivity index (χ1n) is 4.09. The highest BCUT2D eigenvalue weighted by atomic mass is 32.2. The number of fused-ring (bicyclic) bond motifs is 1. The Morgan fingerprint density at radius 3 is 2.86 bits per heavy atom. The van der Waals surface area contributed by atoms with E-state index in [0.29, 0.717) is 5.75 Å². The standard InChI is InChI=1S/C10H10O2S2/c1-12-7-5-14-10-6(7)3-4-8(13-2)9(10)11/h3-5,11H,1-2H3. The van der Waals surface area contributed by atoms with E-state index in [0.717, 1.165) is 20.7 Å². The van der Waals surface area contributed by atoms with Gasteiger partial charge in [0.15, 0.2) is 0 Å². The summed E-state index contributed by atoms with van der Waals surface area (Å²) in [5, 5.41) is 12.8. The summed E-state index contributed by atoms with van der Waals surface area (Å²) in [5.74, 6) is 1.19. The maximum Gasteiger partial charge on any atom is 0.147 e. The van der Waals surface area contributed by atoms with Crippen molar-refractivity contribution in [3.63, 3.8) is 0 Å². The Morgan fingerprint density at radius 2 is 2.21 bits per heavy atom. The molecular formula is C10H10O2S2. The summed E-state index contributed by atoms with van der Waals surface area (Å²) in [6, 6.07) is 3.90. The molecule has 2 rings (SSSR count). The number of thioether (sulfide) groups is 1. The molecule has 0 aliphatic heterocycles. The molecule has 0 atom stereocenters. The number of hydrogen-bond donors (Lipinski definition) is 1. The number of phenolic OH excluding ortho intramolecular Hbond substituents is 1. The second kappa shape index (κ2) is 3.71. The molecule has 1 N–H and O–H groups in total. The van der Waals surface area contributed by atoms with E-state index in [4.69, 9.17) is 4.74 Å². The van der Waals surface area contributed by atoms with Crippen LogP contribution in [-0.4, -0.2) is 18.5 Å². The Balaban J connectivity index is 2.72. The maximum absolute atomic E-state index is 9.89. The molecule has 1 heterocycles. The quantitative estimate of drug-likeness (QED) is 0.796. The molecule has 0 bridgehead atoms. The zero-order valence-electron chi connectivity index (χ0n) is 7.90.